The Kier molecular flexibility index (Phi) is 6.72. The van der Waals surface area contributed by atoms with Gasteiger partial charge in [0.1, 0.15) is 0 Å². The van der Waals surface area contributed by atoms with Crippen molar-refractivity contribution in [2.45, 2.75) is 44.6 Å². The molecule has 0 heterocycles. The molecule has 0 spiro atoms. The molecule has 0 saturated carbocycles. The summed E-state index contributed by atoms with van der Waals surface area (Å²) in [5.74, 6) is -4.28. The highest BCUT2D eigenvalue weighted by atomic mass is 31.1. The summed E-state index contributed by atoms with van der Waals surface area (Å²) >= 11 is 0. The van der Waals surface area contributed by atoms with Crippen molar-refractivity contribution in [2.75, 3.05) is 0 Å². The lowest BCUT2D eigenvalue weighted by molar-refractivity contribution is -0.161. The number of carbonyl (C=O) groups is 3. The zero-order chi connectivity index (χ0) is 17.1. The second kappa shape index (κ2) is 7.15. The number of carboxylic acid groups (broad SMARTS) is 1. The number of hydrogen-bond donors (Lipinski definition) is 5. The molecule has 21 heavy (non-hydrogen) atoms. The highest BCUT2D eigenvalue weighted by molar-refractivity contribution is 7.39. The number of aliphatic carboxylic acids is 1. The second-order valence-electron chi connectivity index (χ2n) is 5.03. The van der Waals surface area contributed by atoms with E-state index in [1.165, 1.54) is 20.8 Å². The molecule has 8 N–H and O–H groups in total. The smallest absolute Gasteiger partial charge is 0.480 e. The summed E-state index contributed by atoms with van der Waals surface area (Å²) in [6, 6.07) is -3.92. The summed E-state index contributed by atoms with van der Waals surface area (Å²) < 4.78 is 11.6. The van der Waals surface area contributed by atoms with Crippen LogP contribution < -0.4 is 17.2 Å². The van der Waals surface area contributed by atoms with Gasteiger partial charge in [-0.3, -0.25) is 14.4 Å². The van der Waals surface area contributed by atoms with Gasteiger partial charge < -0.3 is 22.3 Å². The van der Waals surface area contributed by atoms with Crippen LogP contribution in [0.3, 0.4) is 0 Å². The SMILES string of the molecule is CC(N)C([P+](=O)O)C(C(=O)O)(C(=O)[C@H](C)N)C(=O)[C@H](C)N. The van der Waals surface area contributed by atoms with Gasteiger partial charge in [-0.1, -0.05) is 0 Å². The molecule has 0 aliphatic carbocycles. The third kappa shape index (κ3) is 3.50. The second-order valence-corrected chi connectivity index (χ2v) is 6.19. The van der Waals surface area contributed by atoms with Gasteiger partial charge in [0.2, 0.25) is 11.1 Å². The molecule has 0 fully saturated rings. The summed E-state index contributed by atoms with van der Waals surface area (Å²) in [7, 11) is -3.25. The van der Waals surface area contributed by atoms with E-state index < -0.39 is 54.8 Å². The number of ketones is 2. The Morgan fingerprint density at radius 2 is 1.33 bits per heavy atom. The van der Waals surface area contributed by atoms with E-state index in [1.807, 2.05) is 0 Å². The molecule has 0 bridgehead atoms. The molecule has 0 saturated heterocycles. The number of Topliss-reactive ketones (excluding diaryl/α,β-unsaturated/α-hetero) is 2. The highest BCUT2D eigenvalue weighted by Crippen LogP contribution is 2.42. The maximum atomic E-state index is 12.3. The summed E-state index contributed by atoms with van der Waals surface area (Å²) in [5.41, 5.74) is 11.7. The van der Waals surface area contributed by atoms with Crippen molar-refractivity contribution in [1.82, 2.24) is 0 Å². The minimum Gasteiger partial charge on any atom is -0.480 e. The molecule has 0 aromatic rings. The van der Waals surface area contributed by atoms with E-state index in [9.17, 15) is 28.9 Å². The van der Waals surface area contributed by atoms with Crippen molar-refractivity contribution in [1.29, 1.82) is 0 Å². The summed E-state index contributed by atoms with van der Waals surface area (Å²) in [6.07, 6.45) is 0. The third-order valence-electron chi connectivity index (χ3n) is 3.12. The van der Waals surface area contributed by atoms with Crippen molar-refractivity contribution in [3.8, 4) is 0 Å². The Labute approximate surface area is 122 Å². The monoisotopic (exact) mass is 322 g/mol. The van der Waals surface area contributed by atoms with E-state index >= 15 is 0 Å². The Morgan fingerprint density at radius 3 is 1.48 bits per heavy atom. The van der Waals surface area contributed by atoms with Crippen LogP contribution in [0.4, 0.5) is 0 Å². The Morgan fingerprint density at radius 1 is 1.00 bits per heavy atom. The largest absolute Gasteiger partial charge is 0.512 e. The molecule has 5 atom stereocenters. The molecule has 9 nitrogen and oxygen atoms in total. The van der Waals surface area contributed by atoms with E-state index in [1.54, 1.807) is 0 Å². The lowest BCUT2D eigenvalue weighted by Crippen LogP contribution is -2.64. The van der Waals surface area contributed by atoms with Gasteiger partial charge in [0, 0.05) is 0 Å². The molecule has 0 rings (SSSR count). The number of carboxylic acids is 1. The van der Waals surface area contributed by atoms with E-state index in [2.05, 4.69) is 0 Å². The topological polar surface area (TPSA) is 187 Å². The van der Waals surface area contributed by atoms with Gasteiger partial charge in [-0.25, -0.2) is 0 Å². The average Bonchev–Trinajstić information content (AvgIpc) is 2.31. The first-order valence-electron chi connectivity index (χ1n) is 6.16. The maximum absolute atomic E-state index is 12.3. The van der Waals surface area contributed by atoms with Crippen molar-refractivity contribution in [3.05, 3.63) is 0 Å². The number of nitrogens with two attached hydrogens (primary N) is 3. The van der Waals surface area contributed by atoms with E-state index in [0.717, 1.165) is 0 Å². The Balaban J connectivity index is 6.56. The fraction of sp³-hybridized carbons (Fsp3) is 0.727. The van der Waals surface area contributed by atoms with Gasteiger partial charge in [0.25, 0.3) is 0 Å². The van der Waals surface area contributed by atoms with Crippen LogP contribution in [0.1, 0.15) is 20.8 Å². The number of hydrogen-bond acceptors (Lipinski definition) is 7. The normalized spacial score (nSPS) is 18.3. The van der Waals surface area contributed by atoms with Gasteiger partial charge >= 0.3 is 14.0 Å². The first-order chi connectivity index (χ1) is 9.42. The van der Waals surface area contributed by atoms with Gasteiger partial charge in [0.05, 0.1) is 18.1 Å². The lowest BCUT2D eigenvalue weighted by atomic mass is 9.70. The van der Waals surface area contributed by atoms with Gasteiger partial charge in [-0.15, -0.1) is 0 Å². The predicted octanol–water partition coefficient (Wildman–Crippen LogP) is -1.66. The Hall–Kier alpha value is -1.25. The molecule has 120 valence electrons. The molecule has 0 aliphatic heterocycles. The molecule has 0 aromatic carbocycles. The van der Waals surface area contributed by atoms with Crippen LogP contribution >= 0.6 is 8.03 Å². The van der Waals surface area contributed by atoms with Crippen LogP contribution in [-0.2, 0) is 18.9 Å². The standard InChI is InChI=1S/C11H20N3O6P/c1-4(12)7(15)11(10(17)18,8(16)5(2)13)9(6(3)14)21(19)20/h4-6,9H,12-14H2,1-3H3,(H-,17,18,19,20)/p+1/t4-,5-,6?,9?/m0/s1. The molecular weight excluding hydrogens is 301 g/mol. The van der Waals surface area contributed by atoms with Crippen LogP contribution in [-0.4, -0.2) is 51.3 Å². The van der Waals surface area contributed by atoms with E-state index in [-0.39, 0.29) is 0 Å². The minimum atomic E-state index is -3.25. The predicted molar refractivity (Wildman–Crippen MR) is 74.6 cm³/mol. The molecule has 10 heteroatoms. The fourth-order valence-electron chi connectivity index (χ4n) is 2.23. The Bertz CT molecular complexity index is 443. The van der Waals surface area contributed by atoms with Crippen LogP contribution in [0, 0.1) is 5.41 Å². The molecular formula is C11H21N3O6P+. The van der Waals surface area contributed by atoms with Crippen molar-refractivity contribution >= 4 is 25.6 Å². The van der Waals surface area contributed by atoms with Gasteiger partial charge in [-0.05, 0) is 25.3 Å². The number of carbonyl (C=O) groups excluding carboxylic acids is 2. The molecule has 0 radical (unpaired) electrons. The van der Waals surface area contributed by atoms with Crippen molar-refractivity contribution < 1.29 is 28.9 Å². The van der Waals surface area contributed by atoms with Gasteiger partial charge in [0.15, 0.2) is 11.6 Å². The highest BCUT2D eigenvalue weighted by Gasteiger charge is 2.68. The molecule has 3 unspecified atom stereocenters. The average molecular weight is 322 g/mol. The van der Waals surface area contributed by atoms with Gasteiger partial charge in [-0.2, -0.15) is 4.89 Å². The summed E-state index contributed by atoms with van der Waals surface area (Å²) in [4.78, 5) is 45.8. The van der Waals surface area contributed by atoms with Crippen molar-refractivity contribution in [3.63, 3.8) is 0 Å². The van der Waals surface area contributed by atoms with Crippen LogP contribution in [0.2, 0.25) is 0 Å². The van der Waals surface area contributed by atoms with Crippen LogP contribution in [0.15, 0.2) is 0 Å². The molecule has 0 aliphatic rings. The van der Waals surface area contributed by atoms with E-state index in [0.29, 0.717) is 0 Å². The zero-order valence-electron chi connectivity index (χ0n) is 12.0. The lowest BCUT2D eigenvalue weighted by Gasteiger charge is -2.31. The van der Waals surface area contributed by atoms with E-state index in [4.69, 9.17) is 17.2 Å². The number of rotatable bonds is 8. The quantitative estimate of drug-likeness (QED) is 0.257. The minimum absolute atomic E-state index is 1.18. The van der Waals surface area contributed by atoms with Crippen LogP contribution in [0.5, 0.6) is 0 Å². The first kappa shape index (κ1) is 19.8. The zero-order valence-corrected chi connectivity index (χ0v) is 12.9. The third-order valence-corrected chi connectivity index (χ3v) is 4.45. The molecule has 0 aromatic heterocycles. The fourth-order valence-corrected chi connectivity index (χ4v) is 3.33. The summed E-state index contributed by atoms with van der Waals surface area (Å²) in [5, 5.41) is 9.48. The van der Waals surface area contributed by atoms with Crippen molar-refractivity contribution in [2.24, 2.45) is 22.6 Å². The van der Waals surface area contributed by atoms with Crippen LogP contribution in [0.25, 0.3) is 0 Å². The first-order valence-corrected chi connectivity index (χ1v) is 7.44. The maximum Gasteiger partial charge on any atom is 0.512 e. The summed E-state index contributed by atoms with van der Waals surface area (Å²) in [6.45, 7) is 3.59. The molecule has 0 amide bonds.